The first-order chi connectivity index (χ1) is 12.8. The Balaban J connectivity index is 1.64. The van der Waals surface area contributed by atoms with Crippen molar-refractivity contribution in [3.8, 4) is 11.3 Å². The first-order valence-corrected chi connectivity index (χ1v) is 9.52. The first kappa shape index (κ1) is 15.6. The standard InChI is InChI=1S/C23H22N2O/c1-15-8-9-18(23-21(15)22-20(26-23)7-4-11-25-22)19-14-17(10-12-24-19)13-16-5-2-3-6-16/h4,7-12,14,16H,2-3,5-6,13H2,1H3. The number of furan rings is 1. The zero-order chi connectivity index (χ0) is 17.5. The SMILES string of the molecule is Cc1ccc(-c2cc(CC3CCCC3)ccn2)c2oc3cccnc3c12. The van der Waals surface area contributed by atoms with Crippen molar-refractivity contribution in [2.75, 3.05) is 0 Å². The van der Waals surface area contributed by atoms with Crippen molar-refractivity contribution in [2.24, 2.45) is 5.92 Å². The van der Waals surface area contributed by atoms with Crippen LogP contribution in [-0.4, -0.2) is 9.97 Å². The fourth-order valence-corrected chi connectivity index (χ4v) is 4.35. The molecule has 3 aromatic heterocycles. The molecule has 0 amide bonds. The summed E-state index contributed by atoms with van der Waals surface area (Å²) in [5, 5.41) is 1.10. The van der Waals surface area contributed by atoms with Crippen LogP contribution in [0.1, 0.15) is 36.8 Å². The molecule has 0 saturated heterocycles. The summed E-state index contributed by atoms with van der Waals surface area (Å²) in [6, 6.07) is 12.6. The van der Waals surface area contributed by atoms with Crippen molar-refractivity contribution >= 4 is 22.1 Å². The lowest BCUT2D eigenvalue weighted by molar-refractivity contribution is 0.546. The molecule has 4 aromatic rings. The quantitative estimate of drug-likeness (QED) is 0.452. The normalized spacial score (nSPS) is 15.3. The van der Waals surface area contributed by atoms with Crippen molar-refractivity contribution in [2.45, 2.75) is 39.0 Å². The van der Waals surface area contributed by atoms with E-state index in [2.05, 4.69) is 41.2 Å². The van der Waals surface area contributed by atoms with Crippen molar-refractivity contribution < 1.29 is 4.42 Å². The summed E-state index contributed by atoms with van der Waals surface area (Å²) < 4.78 is 6.19. The summed E-state index contributed by atoms with van der Waals surface area (Å²) in [7, 11) is 0. The lowest BCUT2D eigenvalue weighted by Gasteiger charge is -2.10. The Labute approximate surface area is 153 Å². The fraction of sp³-hybridized carbons (Fsp3) is 0.304. The maximum absolute atomic E-state index is 6.19. The van der Waals surface area contributed by atoms with E-state index < -0.39 is 0 Å². The van der Waals surface area contributed by atoms with Gasteiger partial charge in [-0.2, -0.15) is 0 Å². The van der Waals surface area contributed by atoms with Gasteiger partial charge in [0.05, 0.1) is 11.1 Å². The Bertz CT molecular complexity index is 1090. The first-order valence-electron chi connectivity index (χ1n) is 9.52. The molecule has 0 unspecified atom stereocenters. The van der Waals surface area contributed by atoms with Gasteiger partial charge in [0.15, 0.2) is 5.58 Å². The van der Waals surface area contributed by atoms with Gasteiger partial charge in [-0.1, -0.05) is 31.7 Å². The van der Waals surface area contributed by atoms with Crippen LogP contribution in [0, 0.1) is 12.8 Å². The van der Waals surface area contributed by atoms with E-state index in [-0.39, 0.29) is 0 Å². The van der Waals surface area contributed by atoms with Gasteiger partial charge in [-0.05, 0) is 60.7 Å². The van der Waals surface area contributed by atoms with Gasteiger partial charge in [0.25, 0.3) is 0 Å². The van der Waals surface area contributed by atoms with Crippen molar-refractivity contribution in [1.82, 2.24) is 9.97 Å². The van der Waals surface area contributed by atoms with Gasteiger partial charge in [0, 0.05) is 18.0 Å². The largest absolute Gasteiger partial charge is 0.454 e. The number of aromatic nitrogens is 2. The molecular weight excluding hydrogens is 320 g/mol. The van der Waals surface area contributed by atoms with Crippen LogP contribution in [0.3, 0.4) is 0 Å². The van der Waals surface area contributed by atoms with Crippen LogP contribution in [0.4, 0.5) is 0 Å². The molecule has 0 aliphatic heterocycles. The lowest BCUT2D eigenvalue weighted by Crippen LogP contribution is -1.99. The fourth-order valence-electron chi connectivity index (χ4n) is 4.35. The Hall–Kier alpha value is -2.68. The van der Waals surface area contributed by atoms with E-state index in [4.69, 9.17) is 4.42 Å². The minimum atomic E-state index is 0.832. The third kappa shape index (κ3) is 2.59. The average Bonchev–Trinajstić information content (AvgIpc) is 3.30. The molecule has 0 spiro atoms. The second-order valence-electron chi connectivity index (χ2n) is 7.49. The van der Waals surface area contributed by atoms with E-state index in [0.29, 0.717) is 0 Å². The van der Waals surface area contributed by atoms with Crippen molar-refractivity contribution in [3.63, 3.8) is 0 Å². The minimum Gasteiger partial charge on any atom is -0.454 e. The molecule has 3 heterocycles. The number of nitrogens with zero attached hydrogens (tertiary/aromatic N) is 2. The highest BCUT2D eigenvalue weighted by atomic mass is 16.3. The van der Waals surface area contributed by atoms with Gasteiger partial charge in [0.1, 0.15) is 11.1 Å². The molecule has 26 heavy (non-hydrogen) atoms. The van der Waals surface area contributed by atoms with E-state index in [1.54, 1.807) is 0 Å². The lowest BCUT2D eigenvalue weighted by atomic mass is 9.97. The number of aryl methyl sites for hydroxylation is 1. The number of hydrogen-bond acceptors (Lipinski definition) is 3. The smallest absolute Gasteiger partial charge is 0.153 e. The molecule has 0 radical (unpaired) electrons. The number of rotatable bonds is 3. The topological polar surface area (TPSA) is 38.9 Å². The third-order valence-electron chi connectivity index (χ3n) is 5.68. The second kappa shape index (κ2) is 6.24. The summed E-state index contributed by atoms with van der Waals surface area (Å²) in [5.41, 5.74) is 7.27. The van der Waals surface area contributed by atoms with E-state index in [1.807, 2.05) is 24.5 Å². The van der Waals surface area contributed by atoms with Gasteiger partial charge < -0.3 is 4.42 Å². The van der Waals surface area contributed by atoms with E-state index >= 15 is 0 Å². The van der Waals surface area contributed by atoms with E-state index in [0.717, 1.165) is 45.7 Å². The predicted molar refractivity (Wildman–Crippen MR) is 105 cm³/mol. The van der Waals surface area contributed by atoms with Crippen molar-refractivity contribution in [3.05, 3.63) is 59.9 Å². The number of hydrogen-bond donors (Lipinski definition) is 0. The number of benzene rings is 1. The molecule has 1 saturated carbocycles. The van der Waals surface area contributed by atoms with Crippen LogP contribution in [0.2, 0.25) is 0 Å². The molecule has 5 rings (SSSR count). The van der Waals surface area contributed by atoms with Gasteiger partial charge in [-0.15, -0.1) is 0 Å². The predicted octanol–water partition coefficient (Wildman–Crippen LogP) is 6.08. The van der Waals surface area contributed by atoms with Gasteiger partial charge >= 0.3 is 0 Å². The van der Waals surface area contributed by atoms with Crippen LogP contribution in [0.5, 0.6) is 0 Å². The van der Waals surface area contributed by atoms with Crippen LogP contribution in [0.25, 0.3) is 33.3 Å². The molecule has 1 aromatic carbocycles. The highest BCUT2D eigenvalue weighted by Gasteiger charge is 2.18. The Morgan fingerprint density at radius 2 is 1.92 bits per heavy atom. The second-order valence-corrected chi connectivity index (χ2v) is 7.49. The molecule has 0 atom stereocenters. The zero-order valence-corrected chi connectivity index (χ0v) is 15.0. The highest BCUT2D eigenvalue weighted by molar-refractivity contribution is 6.09. The van der Waals surface area contributed by atoms with Gasteiger partial charge in [0.2, 0.25) is 0 Å². The molecule has 1 fully saturated rings. The molecule has 3 heteroatoms. The molecular formula is C23H22N2O. The summed E-state index contributed by atoms with van der Waals surface area (Å²) >= 11 is 0. The van der Waals surface area contributed by atoms with Crippen LogP contribution < -0.4 is 0 Å². The maximum atomic E-state index is 6.19. The monoisotopic (exact) mass is 342 g/mol. The summed E-state index contributed by atoms with van der Waals surface area (Å²) in [4.78, 5) is 9.19. The third-order valence-corrected chi connectivity index (χ3v) is 5.68. The number of fused-ring (bicyclic) bond motifs is 3. The van der Waals surface area contributed by atoms with Crippen molar-refractivity contribution in [1.29, 1.82) is 0 Å². The summed E-state index contributed by atoms with van der Waals surface area (Å²) in [6.07, 6.45) is 10.4. The van der Waals surface area contributed by atoms with Gasteiger partial charge in [-0.25, -0.2) is 0 Å². The molecule has 0 bridgehead atoms. The summed E-state index contributed by atoms with van der Waals surface area (Å²) in [6.45, 7) is 2.11. The van der Waals surface area contributed by atoms with Crippen LogP contribution >= 0.6 is 0 Å². The maximum Gasteiger partial charge on any atom is 0.153 e. The van der Waals surface area contributed by atoms with E-state index in [9.17, 15) is 0 Å². The minimum absolute atomic E-state index is 0.832. The van der Waals surface area contributed by atoms with Crippen LogP contribution in [-0.2, 0) is 6.42 Å². The molecule has 3 nitrogen and oxygen atoms in total. The zero-order valence-electron chi connectivity index (χ0n) is 15.0. The van der Waals surface area contributed by atoms with Crippen LogP contribution in [0.15, 0.2) is 53.2 Å². The molecule has 1 aliphatic rings. The highest BCUT2D eigenvalue weighted by Crippen LogP contribution is 2.36. The molecule has 0 N–H and O–H groups in total. The molecule has 1 aliphatic carbocycles. The Kier molecular flexibility index (Phi) is 3.74. The average molecular weight is 342 g/mol. The Morgan fingerprint density at radius 1 is 1.04 bits per heavy atom. The van der Waals surface area contributed by atoms with Gasteiger partial charge in [-0.3, -0.25) is 9.97 Å². The Morgan fingerprint density at radius 3 is 2.81 bits per heavy atom. The summed E-state index contributed by atoms with van der Waals surface area (Å²) in [5.74, 6) is 0.832. The van der Waals surface area contributed by atoms with E-state index in [1.165, 1.54) is 36.8 Å². The number of pyridine rings is 2. The molecule has 130 valence electrons.